The fourth-order valence-electron chi connectivity index (χ4n) is 2.36. The number of β-amino-alcohol motifs (C(OH)–C–C–N with tert-alkyl or cyclic N) is 1. The fraction of sp³-hybridized carbons (Fsp3) is 0.500. The Labute approximate surface area is 99.7 Å². The molecule has 90 valence electrons. The van der Waals surface area contributed by atoms with Crippen LogP contribution in [0.5, 0.6) is 0 Å². The Kier molecular flexibility index (Phi) is 2.38. The van der Waals surface area contributed by atoms with Crippen LogP contribution < -0.4 is 0 Å². The lowest BCUT2D eigenvalue weighted by Crippen LogP contribution is -2.29. The van der Waals surface area contributed by atoms with Gasteiger partial charge < -0.3 is 5.11 Å². The molecule has 1 saturated heterocycles. The van der Waals surface area contributed by atoms with Gasteiger partial charge in [0, 0.05) is 38.2 Å². The molecule has 0 saturated carbocycles. The number of aliphatic hydroxyl groups is 1. The van der Waals surface area contributed by atoms with Crippen LogP contribution in [0.1, 0.15) is 19.0 Å². The van der Waals surface area contributed by atoms with E-state index in [0.717, 1.165) is 31.0 Å². The second-order valence-corrected chi connectivity index (χ2v) is 5.02. The lowest BCUT2D eigenvalue weighted by Gasteiger charge is -2.17. The van der Waals surface area contributed by atoms with Gasteiger partial charge in [0.15, 0.2) is 0 Å². The SMILES string of the molecule is CC1(O)CCN(Cc2cn3cccnc3n2)C1. The molecule has 0 amide bonds. The van der Waals surface area contributed by atoms with Gasteiger partial charge in [0.05, 0.1) is 11.3 Å². The van der Waals surface area contributed by atoms with Crippen molar-refractivity contribution in [1.29, 1.82) is 0 Å². The Morgan fingerprint density at radius 2 is 2.41 bits per heavy atom. The first-order valence-electron chi connectivity index (χ1n) is 5.86. The minimum Gasteiger partial charge on any atom is -0.389 e. The zero-order valence-corrected chi connectivity index (χ0v) is 9.87. The molecule has 1 aliphatic rings. The molecule has 0 aliphatic carbocycles. The lowest BCUT2D eigenvalue weighted by molar-refractivity contribution is 0.0678. The number of fused-ring (bicyclic) bond motifs is 1. The molecule has 1 unspecified atom stereocenters. The quantitative estimate of drug-likeness (QED) is 0.827. The third kappa shape index (κ3) is 2.16. The smallest absolute Gasteiger partial charge is 0.233 e. The molecule has 17 heavy (non-hydrogen) atoms. The van der Waals surface area contributed by atoms with E-state index in [1.54, 1.807) is 6.20 Å². The van der Waals surface area contributed by atoms with Crippen molar-refractivity contribution in [2.75, 3.05) is 13.1 Å². The molecule has 2 aromatic heterocycles. The average molecular weight is 232 g/mol. The van der Waals surface area contributed by atoms with Crippen LogP contribution >= 0.6 is 0 Å². The monoisotopic (exact) mass is 232 g/mol. The second kappa shape index (κ2) is 3.78. The predicted octanol–water partition coefficient (Wildman–Crippen LogP) is 0.686. The summed E-state index contributed by atoms with van der Waals surface area (Å²) in [5.41, 5.74) is 0.457. The summed E-state index contributed by atoms with van der Waals surface area (Å²) >= 11 is 0. The van der Waals surface area contributed by atoms with Crippen molar-refractivity contribution in [2.45, 2.75) is 25.5 Å². The Morgan fingerprint density at radius 3 is 3.12 bits per heavy atom. The fourth-order valence-corrected chi connectivity index (χ4v) is 2.36. The van der Waals surface area contributed by atoms with Crippen LogP contribution in [0.3, 0.4) is 0 Å². The van der Waals surface area contributed by atoms with Gasteiger partial charge >= 0.3 is 0 Å². The Morgan fingerprint density at radius 1 is 1.53 bits per heavy atom. The van der Waals surface area contributed by atoms with Crippen molar-refractivity contribution >= 4 is 5.78 Å². The van der Waals surface area contributed by atoms with Crippen molar-refractivity contribution < 1.29 is 5.11 Å². The van der Waals surface area contributed by atoms with Crippen LogP contribution in [-0.4, -0.2) is 43.1 Å². The van der Waals surface area contributed by atoms with Gasteiger partial charge in [-0.15, -0.1) is 0 Å². The first-order valence-corrected chi connectivity index (χ1v) is 5.86. The van der Waals surface area contributed by atoms with Gasteiger partial charge in [0.2, 0.25) is 5.78 Å². The van der Waals surface area contributed by atoms with Crippen LogP contribution in [0.4, 0.5) is 0 Å². The van der Waals surface area contributed by atoms with E-state index in [2.05, 4.69) is 14.9 Å². The largest absolute Gasteiger partial charge is 0.389 e. The third-order valence-corrected chi connectivity index (χ3v) is 3.20. The first kappa shape index (κ1) is 10.7. The number of rotatable bonds is 2. The highest BCUT2D eigenvalue weighted by Crippen LogP contribution is 2.21. The minimum atomic E-state index is -0.544. The summed E-state index contributed by atoms with van der Waals surface area (Å²) in [4.78, 5) is 10.9. The lowest BCUT2D eigenvalue weighted by atomic mass is 10.1. The zero-order valence-electron chi connectivity index (χ0n) is 9.87. The average Bonchev–Trinajstić information content (AvgIpc) is 2.81. The summed E-state index contributed by atoms with van der Waals surface area (Å²) in [5, 5.41) is 9.90. The molecule has 1 atom stereocenters. The summed E-state index contributed by atoms with van der Waals surface area (Å²) in [5.74, 6) is 0.730. The van der Waals surface area contributed by atoms with Gasteiger partial charge in [0.1, 0.15) is 0 Å². The van der Waals surface area contributed by atoms with E-state index in [1.807, 2.05) is 29.8 Å². The molecule has 1 fully saturated rings. The Balaban J connectivity index is 1.77. The molecule has 5 heteroatoms. The number of likely N-dealkylation sites (tertiary alicyclic amines) is 1. The van der Waals surface area contributed by atoms with E-state index in [0.29, 0.717) is 6.54 Å². The number of hydrogen-bond donors (Lipinski definition) is 1. The molecule has 5 nitrogen and oxygen atoms in total. The van der Waals surface area contributed by atoms with Gasteiger partial charge in [-0.25, -0.2) is 9.97 Å². The van der Waals surface area contributed by atoms with Crippen LogP contribution in [0.25, 0.3) is 5.78 Å². The molecular weight excluding hydrogens is 216 g/mol. The normalized spacial score (nSPS) is 25.8. The van der Waals surface area contributed by atoms with Crippen LogP contribution in [0, 0.1) is 0 Å². The van der Waals surface area contributed by atoms with Crippen LogP contribution in [-0.2, 0) is 6.54 Å². The van der Waals surface area contributed by atoms with E-state index >= 15 is 0 Å². The number of imidazole rings is 1. The maximum absolute atomic E-state index is 9.90. The second-order valence-electron chi connectivity index (χ2n) is 5.02. The molecule has 0 bridgehead atoms. The molecule has 0 spiro atoms. The molecule has 3 heterocycles. The molecule has 2 aromatic rings. The standard InChI is InChI=1S/C12H16N4O/c1-12(17)3-6-15(9-12)7-10-8-16-5-2-4-13-11(16)14-10/h2,4-5,8,17H,3,6-7,9H2,1H3. The topological polar surface area (TPSA) is 53.7 Å². The summed E-state index contributed by atoms with van der Waals surface area (Å²) in [7, 11) is 0. The molecule has 1 aliphatic heterocycles. The predicted molar refractivity (Wildman–Crippen MR) is 63.5 cm³/mol. The van der Waals surface area contributed by atoms with Gasteiger partial charge in [0.25, 0.3) is 0 Å². The Bertz CT molecular complexity index is 501. The number of aromatic nitrogens is 3. The molecular formula is C12H16N4O. The Hall–Kier alpha value is -1.46. The minimum absolute atomic E-state index is 0.544. The van der Waals surface area contributed by atoms with Crippen molar-refractivity contribution in [2.24, 2.45) is 0 Å². The van der Waals surface area contributed by atoms with Crippen molar-refractivity contribution in [3.8, 4) is 0 Å². The van der Waals surface area contributed by atoms with Gasteiger partial charge in [-0.3, -0.25) is 9.30 Å². The highest BCUT2D eigenvalue weighted by molar-refractivity contribution is 5.29. The first-order chi connectivity index (χ1) is 8.12. The van der Waals surface area contributed by atoms with Crippen LogP contribution in [0.15, 0.2) is 24.7 Å². The van der Waals surface area contributed by atoms with Crippen molar-refractivity contribution in [3.05, 3.63) is 30.4 Å². The summed E-state index contributed by atoms with van der Waals surface area (Å²) in [6.07, 6.45) is 6.51. The van der Waals surface area contributed by atoms with Gasteiger partial charge in [-0.1, -0.05) is 0 Å². The summed E-state index contributed by atoms with van der Waals surface area (Å²) < 4.78 is 1.92. The zero-order chi connectivity index (χ0) is 11.9. The van der Waals surface area contributed by atoms with Gasteiger partial charge in [-0.2, -0.15) is 0 Å². The van der Waals surface area contributed by atoms with E-state index in [-0.39, 0.29) is 0 Å². The highest BCUT2D eigenvalue weighted by atomic mass is 16.3. The summed E-state index contributed by atoms with van der Waals surface area (Å²) in [6, 6.07) is 1.89. The van der Waals surface area contributed by atoms with Crippen molar-refractivity contribution in [3.63, 3.8) is 0 Å². The molecule has 3 rings (SSSR count). The van der Waals surface area contributed by atoms with E-state index < -0.39 is 5.60 Å². The summed E-state index contributed by atoms with van der Waals surface area (Å²) in [6.45, 7) is 4.31. The third-order valence-electron chi connectivity index (χ3n) is 3.20. The molecule has 0 radical (unpaired) electrons. The van der Waals surface area contributed by atoms with E-state index in [1.165, 1.54) is 0 Å². The molecule has 1 N–H and O–H groups in total. The number of nitrogens with zero attached hydrogens (tertiary/aromatic N) is 4. The number of hydrogen-bond acceptors (Lipinski definition) is 4. The maximum atomic E-state index is 9.90. The molecule has 0 aromatic carbocycles. The van der Waals surface area contributed by atoms with E-state index in [9.17, 15) is 5.11 Å². The van der Waals surface area contributed by atoms with Gasteiger partial charge in [-0.05, 0) is 19.4 Å². The van der Waals surface area contributed by atoms with Crippen molar-refractivity contribution in [1.82, 2.24) is 19.3 Å². The highest BCUT2D eigenvalue weighted by Gasteiger charge is 2.31. The van der Waals surface area contributed by atoms with E-state index in [4.69, 9.17) is 0 Å². The maximum Gasteiger partial charge on any atom is 0.233 e. The van der Waals surface area contributed by atoms with Crippen LogP contribution in [0.2, 0.25) is 0 Å².